The molecule has 1 aromatic carbocycles. The smallest absolute Gasteiger partial charge is 0.342 e. The molecular weight excluding hydrogens is 324 g/mol. The third-order valence-electron chi connectivity index (χ3n) is 3.60. The van der Waals surface area contributed by atoms with E-state index in [0.717, 1.165) is 28.2 Å². The lowest BCUT2D eigenvalue weighted by atomic mass is 10.1. The number of carbonyl (C=O) groups is 1. The van der Waals surface area contributed by atoms with E-state index in [-0.39, 0.29) is 10.9 Å². The lowest BCUT2D eigenvalue weighted by Gasteiger charge is -2.08. The Labute approximate surface area is 143 Å². The van der Waals surface area contributed by atoms with Crippen molar-refractivity contribution in [1.82, 2.24) is 19.7 Å². The first-order valence-corrected chi connectivity index (χ1v) is 8.38. The maximum absolute atomic E-state index is 11.6. The third-order valence-corrected chi connectivity index (χ3v) is 4.48. The molecular formula is C17H18N4O2S. The molecule has 24 heavy (non-hydrogen) atoms. The number of benzene rings is 1. The van der Waals surface area contributed by atoms with Crippen LogP contribution in [0.4, 0.5) is 0 Å². The monoisotopic (exact) mass is 342 g/mol. The SMILES string of the molecule is Cc1nc(S/C(=C\c2cn(C(C)C)c3ccccc23)C(=O)O)n[nH]1. The van der Waals surface area contributed by atoms with Crippen LogP contribution in [0.15, 0.2) is 40.5 Å². The van der Waals surface area contributed by atoms with Crippen molar-refractivity contribution in [2.45, 2.75) is 32.0 Å². The lowest BCUT2D eigenvalue weighted by molar-refractivity contribution is -0.131. The number of para-hydroxylation sites is 1. The predicted octanol–water partition coefficient (Wildman–Crippen LogP) is 3.87. The fourth-order valence-electron chi connectivity index (χ4n) is 2.52. The van der Waals surface area contributed by atoms with E-state index in [4.69, 9.17) is 0 Å². The minimum absolute atomic E-state index is 0.181. The van der Waals surface area contributed by atoms with Gasteiger partial charge in [-0.25, -0.2) is 9.78 Å². The number of fused-ring (bicyclic) bond motifs is 1. The van der Waals surface area contributed by atoms with Gasteiger partial charge in [0.1, 0.15) is 10.7 Å². The number of aliphatic carboxylic acids is 1. The Morgan fingerprint density at radius 3 is 2.75 bits per heavy atom. The number of hydrogen-bond acceptors (Lipinski definition) is 4. The van der Waals surface area contributed by atoms with Gasteiger partial charge < -0.3 is 9.67 Å². The van der Waals surface area contributed by atoms with Crippen LogP contribution < -0.4 is 0 Å². The van der Waals surface area contributed by atoms with Gasteiger partial charge in [0, 0.05) is 28.7 Å². The number of aromatic nitrogens is 4. The van der Waals surface area contributed by atoms with Crippen molar-refractivity contribution in [2.75, 3.05) is 0 Å². The number of nitrogens with one attached hydrogen (secondary N) is 1. The van der Waals surface area contributed by atoms with Crippen LogP contribution in [0.5, 0.6) is 0 Å². The van der Waals surface area contributed by atoms with Crippen molar-refractivity contribution in [2.24, 2.45) is 0 Å². The number of aromatic amines is 1. The average Bonchev–Trinajstić information content (AvgIpc) is 3.11. The number of thioether (sulfide) groups is 1. The van der Waals surface area contributed by atoms with Gasteiger partial charge in [0.15, 0.2) is 0 Å². The molecule has 3 rings (SSSR count). The van der Waals surface area contributed by atoms with Gasteiger partial charge in [0.05, 0.1) is 0 Å². The lowest BCUT2D eigenvalue weighted by Crippen LogP contribution is -1.98. The Morgan fingerprint density at radius 2 is 2.12 bits per heavy atom. The molecule has 3 aromatic rings. The normalized spacial score (nSPS) is 12.2. The molecule has 0 fully saturated rings. The second kappa shape index (κ2) is 6.52. The first-order chi connectivity index (χ1) is 11.5. The maximum atomic E-state index is 11.6. The Bertz CT molecular complexity index is 924. The zero-order valence-corrected chi connectivity index (χ0v) is 14.5. The molecule has 0 bridgehead atoms. The molecule has 0 radical (unpaired) electrons. The molecule has 2 heterocycles. The zero-order valence-electron chi connectivity index (χ0n) is 13.6. The summed E-state index contributed by atoms with van der Waals surface area (Å²) in [4.78, 5) is 16.0. The fourth-order valence-corrected chi connectivity index (χ4v) is 3.26. The highest BCUT2D eigenvalue weighted by molar-refractivity contribution is 8.04. The fraction of sp³-hybridized carbons (Fsp3) is 0.235. The molecule has 0 unspecified atom stereocenters. The van der Waals surface area contributed by atoms with Crippen molar-refractivity contribution in [3.8, 4) is 0 Å². The van der Waals surface area contributed by atoms with Crippen LogP contribution in [0.3, 0.4) is 0 Å². The molecule has 7 heteroatoms. The topological polar surface area (TPSA) is 83.8 Å². The summed E-state index contributed by atoms with van der Waals surface area (Å²) in [5.41, 5.74) is 1.96. The summed E-state index contributed by atoms with van der Waals surface area (Å²) in [5, 5.41) is 17.7. The summed E-state index contributed by atoms with van der Waals surface area (Å²) in [6.07, 6.45) is 3.67. The van der Waals surface area contributed by atoms with E-state index in [0.29, 0.717) is 11.0 Å². The number of hydrogen-bond donors (Lipinski definition) is 2. The van der Waals surface area contributed by atoms with E-state index in [1.54, 1.807) is 13.0 Å². The number of carboxylic acids is 1. The summed E-state index contributed by atoms with van der Waals surface area (Å²) in [6.45, 7) is 5.98. The van der Waals surface area contributed by atoms with Crippen LogP contribution >= 0.6 is 11.8 Å². The van der Waals surface area contributed by atoms with Crippen LogP contribution in [-0.4, -0.2) is 30.8 Å². The first kappa shape index (κ1) is 16.3. The predicted molar refractivity (Wildman–Crippen MR) is 94.9 cm³/mol. The standard InChI is InChI=1S/C17H18N4O2S/c1-10(2)21-9-12(13-6-4-5-7-14(13)21)8-15(16(22)23)24-17-18-11(3)19-20-17/h4-10H,1-3H3,(H,22,23)(H,18,19,20)/b15-8-. The second-order valence-electron chi connectivity index (χ2n) is 5.72. The number of rotatable bonds is 5. The number of aryl methyl sites for hydroxylation is 1. The molecule has 0 amide bonds. The molecule has 0 aliphatic heterocycles. The zero-order chi connectivity index (χ0) is 17.3. The molecule has 0 aliphatic carbocycles. The van der Waals surface area contributed by atoms with Gasteiger partial charge in [-0.05, 0) is 44.7 Å². The van der Waals surface area contributed by atoms with E-state index in [1.807, 2.05) is 30.5 Å². The van der Waals surface area contributed by atoms with Crippen LogP contribution in [0.1, 0.15) is 31.3 Å². The van der Waals surface area contributed by atoms with E-state index in [1.165, 1.54) is 0 Å². The van der Waals surface area contributed by atoms with E-state index < -0.39 is 5.97 Å². The molecule has 0 saturated heterocycles. The molecule has 2 aromatic heterocycles. The van der Waals surface area contributed by atoms with Crippen molar-refractivity contribution in [3.05, 3.63) is 46.8 Å². The van der Waals surface area contributed by atoms with E-state index in [2.05, 4.69) is 33.6 Å². The van der Waals surface area contributed by atoms with Crippen LogP contribution in [-0.2, 0) is 4.79 Å². The molecule has 0 saturated carbocycles. The van der Waals surface area contributed by atoms with Crippen molar-refractivity contribution in [1.29, 1.82) is 0 Å². The largest absolute Gasteiger partial charge is 0.477 e. The van der Waals surface area contributed by atoms with Crippen LogP contribution in [0.25, 0.3) is 17.0 Å². The summed E-state index contributed by atoms with van der Waals surface area (Å²) < 4.78 is 2.14. The molecule has 0 atom stereocenters. The number of nitrogens with zero attached hydrogens (tertiary/aromatic N) is 3. The van der Waals surface area contributed by atoms with Crippen molar-refractivity contribution in [3.63, 3.8) is 0 Å². The summed E-state index contributed by atoms with van der Waals surface area (Å²) in [5.74, 6) is -0.345. The molecule has 2 N–H and O–H groups in total. The average molecular weight is 342 g/mol. The highest BCUT2D eigenvalue weighted by Crippen LogP contribution is 2.30. The Hall–Kier alpha value is -2.54. The Morgan fingerprint density at radius 1 is 1.38 bits per heavy atom. The van der Waals surface area contributed by atoms with Gasteiger partial charge in [-0.3, -0.25) is 5.10 Å². The minimum Gasteiger partial charge on any atom is -0.477 e. The van der Waals surface area contributed by atoms with Gasteiger partial charge >= 0.3 is 5.97 Å². The number of carboxylic acid groups (broad SMARTS) is 1. The van der Waals surface area contributed by atoms with E-state index >= 15 is 0 Å². The minimum atomic E-state index is -0.996. The van der Waals surface area contributed by atoms with Gasteiger partial charge in [-0.1, -0.05) is 18.2 Å². The quantitative estimate of drug-likeness (QED) is 0.543. The maximum Gasteiger partial charge on any atom is 0.342 e. The molecule has 124 valence electrons. The molecule has 0 spiro atoms. The van der Waals surface area contributed by atoms with Gasteiger partial charge in [0.25, 0.3) is 0 Å². The summed E-state index contributed by atoms with van der Waals surface area (Å²) in [6, 6.07) is 8.27. The van der Waals surface area contributed by atoms with Crippen LogP contribution in [0.2, 0.25) is 0 Å². The van der Waals surface area contributed by atoms with E-state index in [9.17, 15) is 9.90 Å². The molecule has 6 nitrogen and oxygen atoms in total. The Balaban J connectivity index is 2.07. The highest BCUT2D eigenvalue weighted by Gasteiger charge is 2.15. The van der Waals surface area contributed by atoms with Crippen molar-refractivity contribution >= 4 is 34.7 Å². The van der Waals surface area contributed by atoms with Crippen molar-refractivity contribution < 1.29 is 9.90 Å². The highest BCUT2D eigenvalue weighted by atomic mass is 32.2. The van der Waals surface area contributed by atoms with Gasteiger partial charge in [-0.2, -0.15) is 0 Å². The summed E-state index contributed by atoms with van der Waals surface area (Å²) >= 11 is 1.04. The molecule has 0 aliphatic rings. The van der Waals surface area contributed by atoms with Gasteiger partial charge in [-0.15, -0.1) is 5.10 Å². The number of H-pyrrole nitrogens is 1. The third kappa shape index (κ3) is 3.21. The Kier molecular flexibility index (Phi) is 4.44. The summed E-state index contributed by atoms with van der Waals surface area (Å²) in [7, 11) is 0. The first-order valence-electron chi connectivity index (χ1n) is 7.57. The second-order valence-corrected chi connectivity index (χ2v) is 6.73. The van der Waals surface area contributed by atoms with Crippen LogP contribution in [0, 0.1) is 6.92 Å². The van der Waals surface area contributed by atoms with Gasteiger partial charge in [0.2, 0.25) is 5.16 Å².